The summed E-state index contributed by atoms with van der Waals surface area (Å²) in [6, 6.07) is 13.1. The van der Waals surface area contributed by atoms with Crippen LogP contribution in [0.25, 0.3) is 5.57 Å². The lowest BCUT2D eigenvalue weighted by atomic mass is 9.97. The molecule has 1 saturated heterocycles. The molecule has 2 aromatic carbocycles. The summed E-state index contributed by atoms with van der Waals surface area (Å²) < 4.78 is 10.8. The van der Waals surface area contributed by atoms with Crippen LogP contribution in [0.3, 0.4) is 0 Å². The van der Waals surface area contributed by atoms with E-state index in [0.29, 0.717) is 45.9 Å². The molecule has 0 spiro atoms. The smallest absolute Gasteiger partial charge is 0.282 e. The highest BCUT2D eigenvalue weighted by molar-refractivity contribution is 6.45. The molecule has 1 unspecified atom stereocenters. The Bertz CT molecular complexity index is 1090. The van der Waals surface area contributed by atoms with Crippen molar-refractivity contribution in [3.8, 4) is 11.5 Å². The molecule has 6 heteroatoms. The molecule has 0 bridgehead atoms. The zero-order valence-corrected chi connectivity index (χ0v) is 20.1. The quantitative estimate of drug-likeness (QED) is 0.592. The minimum atomic E-state index is -0.308. The fourth-order valence-electron chi connectivity index (χ4n) is 4.70. The molecular formula is C27H32N2O4. The van der Waals surface area contributed by atoms with Crippen molar-refractivity contribution in [1.29, 1.82) is 0 Å². The standard InChI is InChI=1S/C27H32N2O4/c1-17(2)19-8-11-21(12-9-19)29-26(30)24(20-10-13-22(32-4)23(15-20)33-5)25(27(29)31)28-14-6-7-18(3)16-28/h8-13,15,17-18H,6-7,14,16H2,1-5H3. The number of rotatable bonds is 6. The molecule has 0 N–H and O–H groups in total. The van der Waals surface area contributed by atoms with Gasteiger partial charge in [0.15, 0.2) is 11.5 Å². The summed E-state index contributed by atoms with van der Waals surface area (Å²) in [5.41, 5.74) is 3.30. The van der Waals surface area contributed by atoms with Gasteiger partial charge in [0.2, 0.25) is 0 Å². The van der Waals surface area contributed by atoms with Crippen molar-refractivity contribution < 1.29 is 19.1 Å². The van der Waals surface area contributed by atoms with E-state index in [4.69, 9.17) is 9.47 Å². The van der Waals surface area contributed by atoms with E-state index in [1.807, 2.05) is 30.3 Å². The Morgan fingerprint density at radius 3 is 2.24 bits per heavy atom. The van der Waals surface area contributed by atoms with Crippen molar-refractivity contribution in [2.45, 2.75) is 39.5 Å². The lowest BCUT2D eigenvalue weighted by Gasteiger charge is -2.33. The van der Waals surface area contributed by atoms with Gasteiger partial charge in [-0.15, -0.1) is 0 Å². The predicted molar refractivity (Wildman–Crippen MR) is 129 cm³/mol. The van der Waals surface area contributed by atoms with Gasteiger partial charge in [-0.25, -0.2) is 4.90 Å². The van der Waals surface area contributed by atoms with E-state index in [-0.39, 0.29) is 11.8 Å². The number of amides is 2. The Morgan fingerprint density at radius 2 is 1.64 bits per heavy atom. The van der Waals surface area contributed by atoms with Gasteiger partial charge in [0.05, 0.1) is 25.5 Å². The second kappa shape index (κ2) is 9.30. The van der Waals surface area contributed by atoms with Crippen LogP contribution in [0.5, 0.6) is 11.5 Å². The number of hydrogen-bond donors (Lipinski definition) is 0. The number of methoxy groups -OCH3 is 2. The highest BCUT2D eigenvalue weighted by atomic mass is 16.5. The minimum Gasteiger partial charge on any atom is -0.493 e. The summed E-state index contributed by atoms with van der Waals surface area (Å²) in [6.45, 7) is 7.94. The third kappa shape index (κ3) is 4.22. The Hall–Kier alpha value is -3.28. The van der Waals surface area contributed by atoms with E-state index < -0.39 is 0 Å². The van der Waals surface area contributed by atoms with Crippen molar-refractivity contribution in [1.82, 2.24) is 4.90 Å². The molecule has 2 heterocycles. The van der Waals surface area contributed by atoms with Crippen LogP contribution in [0.4, 0.5) is 5.69 Å². The summed E-state index contributed by atoms with van der Waals surface area (Å²) >= 11 is 0. The summed E-state index contributed by atoms with van der Waals surface area (Å²) in [4.78, 5) is 30.9. The molecule has 0 saturated carbocycles. The Balaban J connectivity index is 1.81. The fraction of sp³-hybridized carbons (Fsp3) is 0.407. The topological polar surface area (TPSA) is 59.1 Å². The van der Waals surface area contributed by atoms with Crippen LogP contribution in [0, 0.1) is 5.92 Å². The zero-order chi connectivity index (χ0) is 23.7. The number of benzene rings is 2. The van der Waals surface area contributed by atoms with Crippen LogP contribution in [0.2, 0.25) is 0 Å². The van der Waals surface area contributed by atoms with E-state index in [2.05, 4.69) is 25.7 Å². The van der Waals surface area contributed by atoms with E-state index in [1.165, 1.54) is 4.90 Å². The molecule has 2 amide bonds. The number of carbonyl (C=O) groups is 2. The number of anilines is 1. The van der Waals surface area contributed by atoms with Crippen molar-refractivity contribution >= 4 is 23.1 Å². The van der Waals surface area contributed by atoms with Crippen LogP contribution in [0.15, 0.2) is 48.2 Å². The summed E-state index contributed by atoms with van der Waals surface area (Å²) in [5, 5.41) is 0. The maximum atomic E-state index is 13.8. The summed E-state index contributed by atoms with van der Waals surface area (Å²) in [7, 11) is 3.14. The van der Waals surface area contributed by atoms with Crippen molar-refractivity contribution in [3.63, 3.8) is 0 Å². The van der Waals surface area contributed by atoms with Crippen LogP contribution in [-0.4, -0.2) is 44.0 Å². The lowest BCUT2D eigenvalue weighted by molar-refractivity contribution is -0.120. The third-order valence-corrected chi connectivity index (χ3v) is 6.52. The minimum absolute atomic E-state index is 0.267. The highest BCUT2D eigenvalue weighted by Crippen LogP contribution is 2.39. The average molecular weight is 449 g/mol. The Labute approximate surface area is 195 Å². The molecule has 2 aliphatic heterocycles. The first-order valence-electron chi connectivity index (χ1n) is 11.6. The number of hydrogen-bond acceptors (Lipinski definition) is 5. The molecule has 174 valence electrons. The third-order valence-electron chi connectivity index (χ3n) is 6.52. The average Bonchev–Trinajstić information content (AvgIpc) is 3.08. The Morgan fingerprint density at radius 1 is 0.939 bits per heavy atom. The van der Waals surface area contributed by atoms with Crippen molar-refractivity contribution in [2.24, 2.45) is 5.92 Å². The fourth-order valence-corrected chi connectivity index (χ4v) is 4.70. The monoisotopic (exact) mass is 448 g/mol. The van der Waals surface area contributed by atoms with Gasteiger partial charge < -0.3 is 14.4 Å². The zero-order valence-electron chi connectivity index (χ0n) is 20.1. The maximum Gasteiger partial charge on any atom is 0.282 e. The van der Waals surface area contributed by atoms with Gasteiger partial charge in [0.1, 0.15) is 5.70 Å². The van der Waals surface area contributed by atoms with E-state index in [1.54, 1.807) is 26.4 Å². The molecule has 33 heavy (non-hydrogen) atoms. The molecule has 2 aromatic rings. The van der Waals surface area contributed by atoms with E-state index in [0.717, 1.165) is 31.5 Å². The first kappa shape index (κ1) is 22.9. The molecule has 0 radical (unpaired) electrons. The predicted octanol–water partition coefficient (Wildman–Crippen LogP) is 4.84. The number of piperidine rings is 1. The van der Waals surface area contributed by atoms with Crippen molar-refractivity contribution in [3.05, 3.63) is 59.3 Å². The number of ether oxygens (including phenoxy) is 2. The molecule has 1 atom stereocenters. The van der Waals surface area contributed by atoms with Gasteiger partial charge in [0, 0.05) is 13.1 Å². The molecule has 0 aliphatic carbocycles. The Kier molecular flexibility index (Phi) is 6.45. The van der Waals surface area contributed by atoms with Gasteiger partial charge in [-0.3, -0.25) is 9.59 Å². The second-order valence-corrected chi connectivity index (χ2v) is 9.18. The molecule has 6 nitrogen and oxygen atoms in total. The highest BCUT2D eigenvalue weighted by Gasteiger charge is 2.43. The SMILES string of the molecule is COc1ccc(C2=C(N3CCCC(C)C3)C(=O)N(c3ccc(C(C)C)cc3)C2=O)cc1OC. The van der Waals surface area contributed by atoms with Crippen molar-refractivity contribution in [2.75, 3.05) is 32.2 Å². The maximum absolute atomic E-state index is 13.8. The first-order chi connectivity index (χ1) is 15.8. The summed E-state index contributed by atoms with van der Waals surface area (Å²) in [5.74, 6) is 1.35. The van der Waals surface area contributed by atoms with Gasteiger partial charge in [-0.1, -0.05) is 39.0 Å². The number of likely N-dealkylation sites (tertiary alicyclic amines) is 1. The van der Waals surface area contributed by atoms with Crippen LogP contribution >= 0.6 is 0 Å². The van der Waals surface area contributed by atoms with E-state index >= 15 is 0 Å². The van der Waals surface area contributed by atoms with Gasteiger partial charge in [-0.05, 0) is 60.1 Å². The molecule has 2 aliphatic rings. The molecule has 4 rings (SSSR count). The number of nitrogens with zero attached hydrogens (tertiary/aromatic N) is 2. The van der Waals surface area contributed by atoms with E-state index in [9.17, 15) is 9.59 Å². The molecule has 1 fully saturated rings. The summed E-state index contributed by atoms with van der Waals surface area (Å²) in [6.07, 6.45) is 2.12. The number of carbonyl (C=O) groups excluding carboxylic acids is 2. The van der Waals surface area contributed by atoms with Gasteiger partial charge in [0.25, 0.3) is 11.8 Å². The largest absolute Gasteiger partial charge is 0.493 e. The lowest BCUT2D eigenvalue weighted by Crippen LogP contribution is -2.39. The van der Waals surface area contributed by atoms with Crippen LogP contribution in [0.1, 0.15) is 50.7 Å². The molecule has 0 aromatic heterocycles. The van der Waals surface area contributed by atoms with Gasteiger partial charge >= 0.3 is 0 Å². The normalized spacial score (nSPS) is 19.0. The van der Waals surface area contributed by atoms with Crippen LogP contribution in [-0.2, 0) is 9.59 Å². The first-order valence-corrected chi connectivity index (χ1v) is 11.6. The molecular weight excluding hydrogens is 416 g/mol. The second-order valence-electron chi connectivity index (χ2n) is 9.18. The van der Waals surface area contributed by atoms with Crippen LogP contribution < -0.4 is 14.4 Å². The number of imide groups is 1. The van der Waals surface area contributed by atoms with Gasteiger partial charge in [-0.2, -0.15) is 0 Å².